The molecule has 0 amide bonds. The monoisotopic (exact) mass is 263 g/mol. The van der Waals surface area contributed by atoms with Gasteiger partial charge in [0.2, 0.25) is 0 Å². The zero-order valence-electron chi connectivity index (χ0n) is 12.4. The molecule has 1 aliphatic heterocycles. The highest BCUT2D eigenvalue weighted by Gasteiger charge is 2.23. The highest BCUT2D eigenvalue weighted by molar-refractivity contribution is 5.31. The molecule has 0 radical (unpaired) electrons. The van der Waals surface area contributed by atoms with Gasteiger partial charge in [0.05, 0.1) is 0 Å². The zero-order chi connectivity index (χ0) is 14.0. The van der Waals surface area contributed by atoms with E-state index in [9.17, 15) is 0 Å². The van der Waals surface area contributed by atoms with Gasteiger partial charge in [-0.05, 0) is 20.0 Å². The van der Waals surface area contributed by atoms with Crippen molar-refractivity contribution in [1.29, 1.82) is 0 Å². The Morgan fingerprint density at radius 3 is 2.74 bits per heavy atom. The van der Waals surface area contributed by atoms with E-state index in [4.69, 9.17) is 5.73 Å². The lowest BCUT2D eigenvalue weighted by Gasteiger charge is -2.37. The van der Waals surface area contributed by atoms with Crippen molar-refractivity contribution in [3.63, 3.8) is 0 Å². The number of hydrogen-bond donors (Lipinski definition) is 1. The summed E-state index contributed by atoms with van der Waals surface area (Å²) < 4.78 is 0. The summed E-state index contributed by atoms with van der Waals surface area (Å²) in [5.74, 6) is 1.84. The molecule has 1 atom stereocenters. The van der Waals surface area contributed by atoms with Crippen molar-refractivity contribution < 1.29 is 0 Å². The van der Waals surface area contributed by atoms with Gasteiger partial charge in [0, 0.05) is 43.9 Å². The zero-order valence-corrected chi connectivity index (χ0v) is 12.4. The van der Waals surface area contributed by atoms with E-state index in [0.717, 1.165) is 37.6 Å². The third-order valence-corrected chi connectivity index (χ3v) is 3.80. The van der Waals surface area contributed by atoms with Crippen LogP contribution in [0.4, 0.5) is 5.82 Å². The average molecular weight is 263 g/mol. The Labute approximate surface area is 115 Å². The molecular formula is C14H25N5. The van der Waals surface area contributed by atoms with Gasteiger partial charge in [0.25, 0.3) is 0 Å². The second-order valence-corrected chi connectivity index (χ2v) is 5.89. The van der Waals surface area contributed by atoms with Gasteiger partial charge in [-0.1, -0.05) is 13.8 Å². The standard InChI is InChI=1S/C14H25N5/c1-10(2)12-8-13(15)17-14(16-12)7-11-9-18(3)5-6-19(11)4/h8,10-11H,5-7,9H2,1-4H3,(H2,15,16,17). The van der Waals surface area contributed by atoms with Gasteiger partial charge in [0.1, 0.15) is 11.6 Å². The fourth-order valence-corrected chi connectivity index (χ4v) is 2.46. The molecule has 19 heavy (non-hydrogen) atoms. The molecule has 0 spiro atoms. The number of hydrogen-bond acceptors (Lipinski definition) is 5. The molecular weight excluding hydrogens is 238 g/mol. The van der Waals surface area contributed by atoms with Gasteiger partial charge in [-0.2, -0.15) is 0 Å². The third kappa shape index (κ3) is 3.64. The summed E-state index contributed by atoms with van der Waals surface area (Å²) in [6, 6.07) is 2.35. The van der Waals surface area contributed by atoms with Crippen molar-refractivity contribution in [1.82, 2.24) is 19.8 Å². The highest BCUT2D eigenvalue weighted by atomic mass is 15.3. The Bertz CT molecular complexity index is 432. The smallest absolute Gasteiger partial charge is 0.132 e. The lowest BCUT2D eigenvalue weighted by atomic mass is 10.1. The number of likely N-dealkylation sites (N-methyl/N-ethyl adjacent to an activating group) is 2. The number of nitrogens with zero attached hydrogens (tertiary/aromatic N) is 4. The molecule has 2 heterocycles. The van der Waals surface area contributed by atoms with Gasteiger partial charge < -0.3 is 15.5 Å². The molecule has 1 aliphatic rings. The predicted octanol–water partition coefficient (Wildman–Crippen LogP) is 0.971. The van der Waals surface area contributed by atoms with E-state index in [1.165, 1.54) is 0 Å². The van der Waals surface area contributed by atoms with Crippen molar-refractivity contribution >= 4 is 5.82 Å². The predicted molar refractivity (Wildman–Crippen MR) is 78.2 cm³/mol. The molecule has 0 bridgehead atoms. The molecule has 2 N–H and O–H groups in total. The van der Waals surface area contributed by atoms with Crippen LogP contribution < -0.4 is 5.73 Å². The summed E-state index contributed by atoms with van der Waals surface area (Å²) in [6.45, 7) is 7.55. The fraction of sp³-hybridized carbons (Fsp3) is 0.714. The van der Waals surface area contributed by atoms with Crippen LogP contribution in [0.25, 0.3) is 0 Å². The first-order chi connectivity index (χ1) is 8.95. The Morgan fingerprint density at radius 1 is 1.32 bits per heavy atom. The lowest BCUT2D eigenvalue weighted by Crippen LogP contribution is -2.51. The Morgan fingerprint density at radius 2 is 2.05 bits per heavy atom. The molecule has 1 aromatic heterocycles. The molecule has 1 aromatic rings. The summed E-state index contributed by atoms with van der Waals surface area (Å²) >= 11 is 0. The van der Waals surface area contributed by atoms with Crippen molar-refractivity contribution in [3.05, 3.63) is 17.6 Å². The van der Waals surface area contributed by atoms with Crippen molar-refractivity contribution in [2.45, 2.75) is 32.2 Å². The maximum absolute atomic E-state index is 5.89. The molecule has 0 saturated carbocycles. The maximum atomic E-state index is 5.89. The summed E-state index contributed by atoms with van der Waals surface area (Å²) in [5, 5.41) is 0. The van der Waals surface area contributed by atoms with Gasteiger partial charge >= 0.3 is 0 Å². The topological polar surface area (TPSA) is 58.3 Å². The van der Waals surface area contributed by atoms with Crippen LogP contribution in [0.2, 0.25) is 0 Å². The number of anilines is 1. The van der Waals surface area contributed by atoms with E-state index in [2.05, 4.69) is 47.7 Å². The average Bonchev–Trinajstić information content (AvgIpc) is 2.33. The van der Waals surface area contributed by atoms with E-state index in [-0.39, 0.29) is 0 Å². The third-order valence-electron chi connectivity index (χ3n) is 3.80. The quantitative estimate of drug-likeness (QED) is 0.880. The summed E-state index contributed by atoms with van der Waals surface area (Å²) in [4.78, 5) is 13.8. The first-order valence-corrected chi connectivity index (χ1v) is 6.98. The van der Waals surface area contributed by atoms with Gasteiger partial charge in [-0.25, -0.2) is 9.97 Å². The minimum atomic E-state index is 0.385. The number of aromatic nitrogens is 2. The second kappa shape index (κ2) is 5.84. The largest absolute Gasteiger partial charge is 0.384 e. The minimum absolute atomic E-state index is 0.385. The second-order valence-electron chi connectivity index (χ2n) is 5.89. The van der Waals surface area contributed by atoms with E-state index in [1.54, 1.807) is 0 Å². The molecule has 1 unspecified atom stereocenters. The Balaban J connectivity index is 2.13. The van der Waals surface area contributed by atoms with Crippen LogP contribution in [0.5, 0.6) is 0 Å². The highest BCUT2D eigenvalue weighted by Crippen LogP contribution is 2.16. The summed E-state index contributed by atoms with van der Waals surface area (Å²) in [5.41, 5.74) is 6.93. The molecule has 1 fully saturated rings. The maximum Gasteiger partial charge on any atom is 0.132 e. The lowest BCUT2D eigenvalue weighted by molar-refractivity contribution is 0.113. The van der Waals surface area contributed by atoms with E-state index >= 15 is 0 Å². The first-order valence-electron chi connectivity index (χ1n) is 6.98. The molecule has 0 aromatic carbocycles. The van der Waals surface area contributed by atoms with Crippen LogP contribution >= 0.6 is 0 Å². The van der Waals surface area contributed by atoms with Crippen LogP contribution in [0.15, 0.2) is 6.07 Å². The van der Waals surface area contributed by atoms with Crippen LogP contribution in [-0.4, -0.2) is 59.5 Å². The van der Waals surface area contributed by atoms with Crippen LogP contribution in [-0.2, 0) is 6.42 Å². The van der Waals surface area contributed by atoms with Crippen molar-refractivity contribution in [2.24, 2.45) is 0 Å². The molecule has 2 rings (SSSR count). The van der Waals surface area contributed by atoms with Gasteiger partial charge in [0.15, 0.2) is 0 Å². The minimum Gasteiger partial charge on any atom is -0.384 e. The first kappa shape index (κ1) is 14.2. The normalized spacial score (nSPS) is 22.1. The fourth-order valence-electron chi connectivity index (χ4n) is 2.46. The molecule has 5 heteroatoms. The molecule has 5 nitrogen and oxygen atoms in total. The van der Waals surface area contributed by atoms with Crippen LogP contribution in [0.3, 0.4) is 0 Å². The Hall–Kier alpha value is -1.20. The van der Waals surface area contributed by atoms with Gasteiger partial charge in [-0.3, -0.25) is 0 Å². The van der Waals surface area contributed by atoms with Crippen molar-refractivity contribution in [3.8, 4) is 0 Å². The molecule has 1 saturated heterocycles. The molecule has 0 aliphatic carbocycles. The number of piperazine rings is 1. The van der Waals surface area contributed by atoms with E-state index in [1.807, 2.05) is 6.07 Å². The van der Waals surface area contributed by atoms with Crippen molar-refractivity contribution in [2.75, 3.05) is 39.5 Å². The SMILES string of the molecule is CC(C)c1cc(N)nc(CC2CN(C)CCN2C)n1. The van der Waals surface area contributed by atoms with Crippen LogP contribution in [0, 0.1) is 0 Å². The van der Waals surface area contributed by atoms with E-state index in [0.29, 0.717) is 17.8 Å². The molecule has 106 valence electrons. The summed E-state index contributed by atoms with van der Waals surface area (Å²) in [7, 11) is 4.34. The summed E-state index contributed by atoms with van der Waals surface area (Å²) in [6.07, 6.45) is 0.867. The number of nitrogen functional groups attached to an aromatic ring is 1. The number of nitrogens with two attached hydrogens (primary N) is 1. The van der Waals surface area contributed by atoms with E-state index < -0.39 is 0 Å². The number of rotatable bonds is 3. The Kier molecular flexibility index (Phi) is 4.37. The van der Waals surface area contributed by atoms with Crippen LogP contribution in [0.1, 0.15) is 31.3 Å². The van der Waals surface area contributed by atoms with Gasteiger partial charge in [-0.15, -0.1) is 0 Å².